The molecule has 5 nitrogen and oxygen atoms in total. The van der Waals surface area contributed by atoms with Gasteiger partial charge in [-0.15, -0.1) is 0 Å². The second-order valence-corrected chi connectivity index (χ2v) is 5.90. The summed E-state index contributed by atoms with van der Waals surface area (Å²) in [6.45, 7) is 3.62. The van der Waals surface area contributed by atoms with Gasteiger partial charge >= 0.3 is 0 Å². The van der Waals surface area contributed by atoms with Crippen LogP contribution >= 0.6 is 0 Å². The third-order valence-electron chi connectivity index (χ3n) is 3.77. The van der Waals surface area contributed by atoms with Crippen LogP contribution in [0.1, 0.15) is 56.3 Å². The highest BCUT2D eigenvalue weighted by Crippen LogP contribution is 2.25. The Bertz CT molecular complexity index is 554. The van der Waals surface area contributed by atoms with Gasteiger partial charge in [0.15, 0.2) is 0 Å². The molecule has 0 radical (unpaired) electrons. The summed E-state index contributed by atoms with van der Waals surface area (Å²) in [6.07, 6.45) is 5.44. The van der Waals surface area contributed by atoms with Crippen molar-refractivity contribution in [1.82, 2.24) is 5.43 Å². The summed E-state index contributed by atoms with van der Waals surface area (Å²) in [5.41, 5.74) is 4.49. The lowest BCUT2D eigenvalue weighted by Crippen LogP contribution is -2.24. The maximum absolute atomic E-state index is 12.2. The molecule has 1 fully saturated rings. The summed E-state index contributed by atoms with van der Waals surface area (Å²) in [7, 11) is 0. The molecule has 0 aliphatic heterocycles. The van der Waals surface area contributed by atoms with E-state index >= 15 is 0 Å². The largest absolute Gasteiger partial charge is 0.326 e. The predicted octanol–water partition coefficient (Wildman–Crippen LogP) is 3.33. The van der Waals surface area contributed by atoms with Crippen LogP contribution in [-0.4, -0.2) is 17.5 Å². The van der Waals surface area contributed by atoms with Crippen molar-refractivity contribution in [2.75, 3.05) is 5.32 Å². The molecular formula is C17H23N3O2. The first-order valence-electron chi connectivity index (χ1n) is 7.78. The number of nitrogens with one attached hydrogen (secondary N) is 2. The quantitative estimate of drug-likeness (QED) is 0.661. The number of hydrogen-bond donors (Lipinski definition) is 2. The molecule has 2 amide bonds. The van der Waals surface area contributed by atoms with E-state index in [1.54, 1.807) is 24.3 Å². The van der Waals surface area contributed by atoms with Crippen LogP contribution in [0, 0.1) is 5.92 Å². The van der Waals surface area contributed by atoms with Crippen LogP contribution < -0.4 is 10.7 Å². The second-order valence-electron chi connectivity index (χ2n) is 5.90. The van der Waals surface area contributed by atoms with Gasteiger partial charge < -0.3 is 5.32 Å². The topological polar surface area (TPSA) is 70.6 Å². The molecule has 1 saturated carbocycles. The van der Waals surface area contributed by atoms with Crippen LogP contribution in [0.5, 0.6) is 0 Å². The Morgan fingerprint density at radius 1 is 1.05 bits per heavy atom. The molecule has 2 rings (SSSR count). The Hall–Kier alpha value is -2.17. The van der Waals surface area contributed by atoms with Crippen molar-refractivity contribution in [3.63, 3.8) is 0 Å². The summed E-state index contributed by atoms with van der Waals surface area (Å²) in [5, 5.41) is 6.81. The van der Waals surface area contributed by atoms with Gasteiger partial charge in [-0.2, -0.15) is 5.10 Å². The van der Waals surface area contributed by atoms with Gasteiger partial charge in [0, 0.05) is 22.9 Å². The van der Waals surface area contributed by atoms with E-state index in [4.69, 9.17) is 0 Å². The molecule has 0 aromatic heterocycles. The fourth-order valence-corrected chi connectivity index (χ4v) is 2.54. The molecule has 0 heterocycles. The highest BCUT2D eigenvalue weighted by atomic mass is 16.2. The monoisotopic (exact) mass is 301 g/mol. The number of amides is 2. The van der Waals surface area contributed by atoms with E-state index in [0.717, 1.165) is 37.1 Å². The van der Waals surface area contributed by atoms with Gasteiger partial charge in [-0.1, -0.05) is 19.3 Å². The molecule has 1 aliphatic rings. The van der Waals surface area contributed by atoms with Crippen molar-refractivity contribution in [3.8, 4) is 0 Å². The van der Waals surface area contributed by atoms with Gasteiger partial charge in [-0.05, 0) is 51.0 Å². The van der Waals surface area contributed by atoms with E-state index in [9.17, 15) is 9.59 Å². The van der Waals surface area contributed by atoms with Gasteiger partial charge in [0.1, 0.15) is 0 Å². The molecular weight excluding hydrogens is 278 g/mol. The Kier molecular flexibility index (Phi) is 5.69. The van der Waals surface area contributed by atoms with E-state index in [2.05, 4.69) is 15.8 Å². The molecule has 2 N–H and O–H groups in total. The smallest absolute Gasteiger partial charge is 0.271 e. The van der Waals surface area contributed by atoms with Crippen LogP contribution in [0.4, 0.5) is 5.69 Å². The zero-order valence-electron chi connectivity index (χ0n) is 13.2. The number of rotatable bonds is 4. The molecule has 0 atom stereocenters. The highest BCUT2D eigenvalue weighted by molar-refractivity contribution is 5.96. The number of anilines is 1. The number of benzene rings is 1. The minimum absolute atomic E-state index is 0.0862. The summed E-state index contributed by atoms with van der Waals surface area (Å²) in [6, 6.07) is 6.87. The SMILES string of the molecule is CC(C)=NNC(=O)c1ccc(NC(=O)C2CCCCC2)cc1. The lowest BCUT2D eigenvalue weighted by molar-refractivity contribution is -0.120. The van der Waals surface area contributed by atoms with Gasteiger partial charge in [-0.3, -0.25) is 9.59 Å². The van der Waals surface area contributed by atoms with E-state index < -0.39 is 0 Å². The molecule has 0 unspecified atom stereocenters. The zero-order chi connectivity index (χ0) is 15.9. The van der Waals surface area contributed by atoms with Crippen molar-refractivity contribution in [2.24, 2.45) is 11.0 Å². The fourth-order valence-electron chi connectivity index (χ4n) is 2.54. The summed E-state index contributed by atoms with van der Waals surface area (Å²) < 4.78 is 0. The van der Waals surface area contributed by atoms with Crippen molar-refractivity contribution < 1.29 is 9.59 Å². The Morgan fingerprint density at radius 2 is 1.68 bits per heavy atom. The molecule has 1 aromatic rings. The van der Waals surface area contributed by atoms with Crippen molar-refractivity contribution in [1.29, 1.82) is 0 Å². The summed E-state index contributed by atoms with van der Waals surface area (Å²) >= 11 is 0. The zero-order valence-corrected chi connectivity index (χ0v) is 13.2. The number of carbonyl (C=O) groups excluding carboxylic acids is 2. The number of nitrogens with zero attached hydrogens (tertiary/aromatic N) is 1. The van der Waals surface area contributed by atoms with Gasteiger partial charge in [0.25, 0.3) is 5.91 Å². The summed E-state index contributed by atoms with van der Waals surface area (Å²) in [4.78, 5) is 24.0. The molecule has 5 heteroatoms. The average Bonchev–Trinajstić information content (AvgIpc) is 2.54. The Morgan fingerprint density at radius 3 is 2.27 bits per heavy atom. The van der Waals surface area contributed by atoms with E-state index in [-0.39, 0.29) is 17.7 Å². The molecule has 1 aliphatic carbocycles. The van der Waals surface area contributed by atoms with Crippen LogP contribution in [0.2, 0.25) is 0 Å². The van der Waals surface area contributed by atoms with Gasteiger partial charge in [0.05, 0.1) is 0 Å². The van der Waals surface area contributed by atoms with E-state index in [1.165, 1.54) is 6.42 Å². The molecule has 0 saturated heterocycles. The number of carbonyl (C=O) groups is 2. The number of hydrazone groups is 1. The molecule has 0 spiro atoms. The Labute approximate surface area is 131 Å². The Balaban J connectivity index is 1.92. The minimum atomic E-state index is -0.258. The minimum Gasteiger partial charge on any atom is -0.326 e. The lowest BCUT2D eigenvalue weighted by atomic mass is 9.88. The predicted molar refractivity (Wildman–Crippen MR) is 87.9 cm³/mol. The third kappa shape index (κ3) is 4.69. The molecule has 118 valence electrons. The highest BCUT2D eigenvalue weighted by Gasteiger charge is 2.21. The number of hydrogen-bond acceptors (Lipinski definition) is 3. The molecule has 22 heavy (non-hydrogen) atoms. The van der Waals surface area contributed by atoms with Crippen LogP contribution in [0.15, 0.2) is 29.4 Å². The first-order chi connectivity index (χ1) is 10.6. The third-order valence-corrected chi connectivity index (χ3v) is 3.77. The van der Waals surface area contributed by atoms with Crippen molar-refractivity contribution >= 4 is 23.2 Å². The average molecular weight is 301 g/mol. The normalized spacial score (nSPS) is 15.0. The first-order valence-corrected chi connectivity index (χ1v) is 7.78. The summed E-state index contributed by atoms with van der Waals surface area (Å²) in [5.74, 6) is -0.0481. The van der Waals surface area contributed by atoms with Crippen molar-refractivity contribution in [2.45, 2.75) is 46.0 Å². The first kappa shape index (κ1) is 16.2. The van der Waals surface area contributed by atoms with Crippen LogP contribution in [0.3, 0.4) is 0 Å². The molecule has 0 bridgehead atoms. The van der Waals surface area contributed by atoms with E-state index in [1.807, 2.05) is 13.8 Å². The standard InChI is InChI=1S/C17H23N3O2/c1-12(2)19-20-17(22)14-8-10-15(11-9-14)18-16(21)13-6-4-3-5-7-13/h8-11,13H,3-7H2,1-2H3,(H,18,21)(H,20,22). The lowest BCUT2D eigenvalue weighted by Gasteiger charge is -2.20. The van der Waals surface area contributed by atoms with Gasteiger partial charge in [0.2, 0.25) is 5.91 Å². The fraction of sp³-hybridized carbons (Fsp3) is 0.471. The van der Waals surface area contributed by atoms with E-state index in [0.29, 0.717) is 5.56 Å². The molecule has 1 aromatic carbocycles. The maximum Gasteiger partial charge on any atom is 0.271 e. The van der Waals surface area contributed by atoms with Crippen molar-refractivity contribution in [3.05, 3.63) is 29.8 Å². The van der Waals surface area contributed by atoms with Crippen LogP contribution in [0.25, 0.3) is 0 Å². The maximum atomic E-state index is 12.2. The second kappa shape index (κ2) is 7.73. The van der Waals surface area contributed by atoms with Crippen LogP contribution in [-0.2, 0) is 4.79 Å². The van der Waals surface area contributed by atoms with Gasteiger partial charge in [-0.25, -0.2) is 5.43 Å².